The van der Waals surface area contributed by atoms with Crippen LogP contribution in [-0.2, 0) is 4.74 Å². The van der Waals surface area contributed by atoms with Gasteiger partial charge in [-0.15, -0.1) is 0 Å². The number of benzene rings is 3. The molecule has 146 valence electrons. The monoisotopic (exact) mass is 386 g/mol. The summed E-state index contributed by atoms with van der Waals surface area (Å²) in [6, 6.07) is 24.5. The predicted octanol–water partition coefficient (Wildman–Crippen LogP) is 4.96. The lowest BCUT2D eigenvalue weighted by Crippen LogP contribution is -2.29. The number of ketones is 2. The average molecular weight is 386 g/mol. The molecule has 0 spiro atoms. The fourth-order valence-corrected chi connectivity index (χ4v) is 3.37. The van der Waals surface area contributed by atoms with Gasteiger partial charge in [0.1, 0.15) is 0 Å². The minimum absolute atomic E-state index is 0.219. The van der Waals surface area contributed by atoms with Crippen LogP contribution < -0.4 is 0 Å². The van der Waals surface area contributed by atoms with Crippen LogP contribution in [0, 0.1) is 5.92 Å². The standard InChI is InChI=1S/C25H22O4/c1-17(18-13-15-21(16-14-18)25(28)29-2)22(23(26)19-9-5-3-6-10-19)24(27)20-11-7-4-8-12-20/h3-17,22H,1-2H3. The molecule has 3 aromatic carbocycles. The van der Waals surface area contributed by atoms with E-state index < -0.39 is 11.9 Å². The lowest BCUT2D eigenvalue weighted by atomic mass is 9.78. The molecule has 0 radical (unpaired) electrons. The molecule has 0 amide bonds. The summed E-state index contributed by atoms with van der Waals surface area (Å²) < 4.78 is 4.73. The average Bonchev–Trinajstić information content (AvgIpc) is 2.79. The van der Waals surface area contributed by atoms with Crippen LogP contribution in [0.4, 0.5) is 0 Å². The first-order valence-corrected chi connectivity index (χ1v) is 9.39. The Hall–Kier alpha value is -3.53. The first-order chi connectivity index (χ1) is 14.0. The van der Waals surface area contributed by atoms with Crippen LogP contribution in [0.3, 0.4) is 0 Å². The zero-order valence-corrected chi connectivity index (χ0v) is 16.4. The summed E-state index contributed by atoms with van der Waals surface area (Å²) in [5, 5.41) is 0. The lowest BCUT2D eigenvalue weighted by Gasteiger charge is -2.23. The Bertz CT molecular complexity index is 941. The van der Waals surface area contributed by atoms with Crippen LogP contribution in [0.5, 0.6) is 0 Å². The van der Waals surface area contributed by atoms with Gasteiger partial charge in [-0.1, -0.05) is 79.7 Å². The highest BCUT2D eigenvalue weighted by Crippen LogP contribution is 2.30. The first kappa shape index (κ1) is 20.2. The van der Waals surface area contributed by atoms with Crippen molar-refractivity contribution < 1.29 is 19.1 Å². The number of hydrogen-bond donors (Lipinski definition) is 0. The second-order valence-corrected chi connectivity index (χ2v) is 6.84. The number of methoxy groups -OCH3 is 1. The topological polar surface area (TPSA) is 60.4 Å². The molecule has 3 rings (SSSR count). The zero-order valence-electron chi connectivity index (χ0n) is 16.4. The van der Waals surface area contributed by atoms with Crippen molar-refractivity contribution in [1.29, 1.82) is 0 Å². The Kier molecular flexibility index (Phi) is 6.35. The Labute approximate surface area is 170 Å². The molecule has 0 aliphatic rings. The van der Waals surface area contributed by atoms with Crippen molar-refractivity contribution in [2.45, 2.75) is 12.8 Å². The molecule has 3 aromatic rings. The van der Waals surface area contributed by atoms with E-state index in [-0.39, 0.29) is 17.5 Å². The molecule has 0 fully saturated rings. The summed E-state index contributed by atoms with van der Waals surface area (Å²) in [5.41, 5.74) is 2.22. The van der Waals surface area contributed by atoms with Crippen molar-refractivity contribution in [3.05, 3.63) is 107 Å². The van der Waals surface area contributed by atoms with E-state index in [1.807, 2.05) is 19.1 Å². The maximum atomic E-state index is 13.3. The van der Waals surface area contributed by atoms with E-state index in [4.69, 9.17) is 4.74 Å². The third kappa shape index (κ3) is 4.49. The van der Waals surface area contributed by atoms with Gasteiger partial charge in [0.05, 0.1) is 18.6 Å². The minimum atomic E-state index is -0.872. The largest absolute Gasteiger partial charge is 0.465 e. The van der Waals surface area contributed by atoms with E-state index in [9.17, 15) is 14.4 Å². The molecule has 29 heavy (non-hydrogen) atoms. The van der Waals surface area contributed by atoms with Crippen molar-refractivity contribution in [2.75, 3.05) is 7.11 Å². The fraction of sp³-hybridized carbons (Fsp3) is 0.160. The second-order valence-electron chi connectivity index (χ2n) is 6.84. The Morgan fingerprint density at radius 2 is 1.10 bits per heavy atom. The first-order valence-electron chi connectivity index (χ1n) is 9.39. The molecule has 0 saturated carbocycles. The number of Topliss-reactive ketones (excluding diaryl/α,β-unsaturated/α-hetero) is 2. The van der Waals surface area contributed by atoms with Crippen LogP contribution in [-0.4, -0.2) is 24.6 Å². The van der Waals surface area contributed by atoms with Gasteiger partial charge in [0.15, 0.2) is 11.6 Å². The summed E-state index contributed by atoms with van der Waals surface area (Å²) in [4.78, 5) is 38.3. The van der Waals surface area contributed by atoms with E-state index in [2.05, 4.69) is 0 Å². The normalized spacial score (nSPS) is 11.7. The van der Waals surface area contributed by atoms with Gasteiger partial charge in [0.2, 0.25) is 0 Å². The van der Waals surface area contributed by atoms with E-state index in [1.165, 1.54) is 7.11 Å². The number of carbonyl (C=O) groups excluding carboxylic acids is 3. The highest BCUT2D eigenvalue weighted by Gasteiger charge is 2.34. The molecule has 0 aliphatic carbocycles. The Balaban J connectivity index is 1.99. The third-order valence-electron chi connectivity index (χ3n) is 5.04. The van der Waals surface area contributed by atoms with Crippen LogP contribution >= 0.6 is 0 Å². The maximum absolute atomic E-state index is 13.3. The van der Waals surface area contributed by atoms with E-state index >= 15 is 0 Å². The van der Waals surface area contributed by atoms with Gasteiger partial charge in [-0.25, -0.2) is 4.79 Å². The van der Waals surface area contributed by atoms with E-state index in [0.717, 1.165) is 5.56 Å². The van der Waals surface area contributed by atoms with Crippen molar-refractivity contribution in [1.82, 2.24) is 0 Å². The van der Waals surface area contributed by atoms with Gasteiger partial charge < -0.3 is 4.74 Å². The summed E-state index contributed by atoms with van der Waals surface area (Å²) in [7, 11) is 1.33. The van der Waals surface area contributed by atoms with Crippen LogP contribution in [0.25, 0.3) is 0 Å². The minimum Gasteiger partial charge on any atom is -0.465 e. The summed E-state index contributed by atoms with van der Waals surface area (Å²) >= 11 is 0. The Morgan fingerprint density at radius 3 is 1.52 bits per heavy atom. The van der Waals surface area contributed by atoms with Gasteiger partial charge in [-0.2, -0.15) is 0 Å². The molecule has 4 nitrogen and oxygen atoms in total. The SMILES string of the molecule is COC(=O)c1ccc(C(C)C(C(=O)c2ccccc2)C(=O)c2ccccc2)cc1. The van der Waals surface area contributed by atoms with Gasteiger partial charge >= 0.3 is 5.97 Å². The van der Waals surface area contributed by atoms with Gasteiger partial charge in [0.25, 0.3) is 0 Å². The smallest absolute Gasteiger partial charge is 0.337 e. The molecular weight excluding hydrogens is 364 g/mol. The second kappa shape index (κ2) is 9.11. The van der Waals surface area contributed by atoms with Gasteiger partial charge in [-0.3, -0.25) is 9.59 Å². The molecule has 0 bridgehead atoms. The zero-order chi connectivity index (χ0) is 20.8. The predicted molar refractivity (Wildman–Crippen MR) is 111 cm³/mol. The molecule has 4 heteroatoms. The summed E-state index contributed by atoms with van der Waals surface area (Å²) in [6.07, 6.45) is 0. The van der Waals surface area contributed by atoms with Crippen molar-refractivity contribution in [2.24, 2.45) is 5.92 Å². The summed E-state index contributed by atoms with van der Waals surface area (Å²) in [5.74, 6) is -2.11. The molecule has 0 heterocycles. The van der Waals surface area contributed by atoms with E-state index in [0.29, 0.717) is 16.7 Å². The number of carbonyl (C=O) groups is 3. The lowest BCUT2D eigenvalue weighted by molar-refractivity contribution is 0.0599. The highest BCUT2D eigenvalue weighted by molar-refractivity contribution is 6.16. The van der Waals surface area contributed by atoms with Crippen LogP contribution in [0.1, 0.15) is 49.5 Å². The van der Waals surface area contributed by atoms with Crippen LogP contribution in [0.2, 0.25) is 0 Å². The highest BCUT2D eigenvalue weighted by atomic mass is 16.5. The van der Waals surface area contributed by atoms with Crippen molar-refractivity contribution in [3.63, 3.8) is 0 Å². The number of rotatable bonds is 7. The van der Waals surface area contributed by atoms with E-state index in [1.54, 1.807) is 72.8 Å². The number of esters is 1. The Morgan fingerprint density at radius 1 is 0.655 bits per heavy atom. The van der Waals surface area contributed by atoms with Crippen LogP contribution in [0.15, 0.2) is 84.9 Å². The summed E-state index contributed by atoms with van der Waals surface area (Å²) in [6.45, 7) is 1.86. The molecule has 0 aromatic heterocycles. The molecule has 0 N–H and O–H groups in total. The number of hydrogen-bond acceptors (Lipinski definition) is 4. The molecular formula is C25H22O4. The quantitative estimate of drug-likeness (QED) is 0.327. The fourth-order valence-electron chi connectivity index (χ4n) is 3.37. The molecule has 0 aliphatic heterocycles. The van der Waals surface area contributed by atoms with Gasteiger partial charge in [-0.05, 0) is 23.6 Å². The number of ether oxygens (including phenoxy) is 1. The van der Waals surface area contributed by atoms with Crippen molar-refractivity contribution in [3.8, 4) is 0 Å². The van der Waals surface area contributed by atoms with Gasteiger partial charge in [0, 0.05) is 11.1 Å². The molecule has 0 saturated heterocycles. The molecule has 1 atom stereocenters. The molecule has 1 unspecified atom stereocenters. The third-order valence-corrected chi connectivity index (χ3v) is 5.04. The van der Waals surface area contributed by atoms with Crippen molar-refractivity contribution >= 4 is 17.5 Å². The maximum Gasteiger partial charge on any atom is 0.337 e.